The van der Waals surface area contributed by atoms with E-state index in [0.717, 1.165) is 25.3 Å². The number of aromatic nitrogens is 1. The van der Waals surface area contributed by atoms with Crippen LogP contribution in [0.5, 0.6) is 0 Å². The molecule has 0 amide bonds. The van der Waals surface area contributed by atoms with Crippen LogP contribution in [-0.4, -0.2) is 18.1 Å². The number of esters is 1. The second-order valence-electron chi connectivity index (χ2n) is 4.07. The first-order valence-corrected chi connectivity index (χ1v) is 5.76. The summed E-state index contributed by atoms with van der Waals surface area (Å²) in [6, 6.07) is 6.85. The van der Waals surface area contributed by atoms with Crippen molar-refractivity contribution in [1.29, 1.82) is 0 Å². The zero-order chi connectivity index (χ0) is 15.6. The van der Waals surface area contributed by atoms with Crippen molar-refractivity contribution in [1.82, 2.24) is 4.98 Å². The van der Waals surface area contributed by atoms with Gasteiger partial charge in [-0.05, 0) is 18.2 Å². The summed E-state index contributed by atoms with van der Waals surface area (Å²) in [4.78, 5) is 14.6. The Morgan fingerprint density at radius 1 is 1.14 bits per heavy atom. The number of halogens is 4. The van der Waals surface area contributed by atoms with Gasteiger partial charge in [-0.1, -0.05) is 18.2 Å². The van der Waals surface area contributed by atoms with Crippen molar-refractivity contribution in [3.05, 3.63) is 53.5 Å². The van der Waals surface area contributed by atoms with Gasteiger partial charge < -0.3 is 4.74 Å². The fourth-order valence-electron chi connectivity index (χ4n) is 1.80. The molecule has 1 heterocycles. The number of hydrogen-bond acceptors (Lipinski definition) is 3. The molecule has 2 rings (SSSR count). The second kappa shape index (κ2) is 5.51. The third-order valence-electron chi connectivity index (χ3n) is 2.76. The van der Waals surface area contributed by atoms with Crippen LogP contribution in [-0.2, 0) is 10.9 Å². The van der Waals surface area contributed by atoms with E-state index in [0.29, 0.717) is 0 Å². The monoisotopic (exact) mass is 299 g/mol. The minimum Gasteiger partial charge on any atom is -0.465 e. The molecule has 0 aliphatic carbocycles. The van der Waals surface area contributed by atoms with Gasteiger partial charge in [0.25, 0.3) is 0 Å². The van der Waals surface area contributed by atoms with E-state index in [1.807, 2.05) is 0 Å². The lowest BCUT2D eigenvalue weighted by Gasteiger charge is -2.12. The highest BCUT2D eigenvalue weighted by atomic mass is 19.4. The first kappa shape index (κ1) is 15.0. The Labute approximate surface area is 117 Å². The number of benzene rings is 1. The smallest absolute Gasteiger partial charge is 0.417 e. The molecule has 0 spiro atoms. The van der Waals surface area contributed by atoms with Crippen LogP contribution < -0.4 is 0 Å². The maximum absolute atomic E-state index is 13.7. The van der Waals surface area contributed by atoms with E-state index in [1.54, 1.807) is 0 Å². The third kappa shape index (κ3) is 3.01. The lowest BCUT2D eigenvalue weighted by atomic mass is 10.0. The Morgan fingerprint density at radius 3 is 2.38 bits per heavy atom. The zero-order valence-electron chi connectivity index (χ0n) is 10.7. The van der Waals surface area contributed by atoms with Crippen molar-refractivity contribution < 1.29 is 27.1 Å². The fraction of sp³-hybridized carbons (Fsp3) is 0.143. The van der Waals surface area contributed by atoms with Crippen LogP contribution in [0.25, 0.3) is 11.3 Å². The molecule has 0 radical (unpaired) electrons. The highest BCUT2D eigenvalue weighted by Crippen LogP contribution is 2.36. The van der Waals surface area contributed by atoms with Crippen LogP contribution in [0.15, 0.2) is 36.4 Å². The molecule has 0 fully saturated rings. The summed E-state index contributed by atoms with van der Waals surface area (Å²) in [7, 11) is 1.06. The van der Waals surface area contributed by atoms with E-state index < -0.39 is 29.2 Å². The average molecular weight is 299 g/mol. The molecule has 0 saturated carbocycles. The van der Waals surface area contributed by atoms with Gasteiger partial charge in [-0.15, -0.1) is 0 Å². The first-order chi connectivity index (χ1) is 9.84. The molecular formula is C14H9F4NO2. The minimum atomic E-state index is -4.59. The fourth-order valence-corrected chi connectivity index (χ4v) is 1.80. The largest absolute Gasteiger partial charge is 0.465 e. The SMILES string of the molecule is COC(=O)c1ccc(-c2ccccc2C(F)(F)F)nc1F. The number of methoxy groups -OCH3 is 1. The standard InChI is InChI=1S/C14H9F4NO2/c1-21-13(20)9-6-7-11(19-12(9)15)8-4-2-3-5-10(8)14(16,17)18/h2-7H,1H3. The van der Waals surface area contributed by atoms with Crippen molar-refractivity contribution >= 4 is 5.97 Å². The van der Waals surface area contributed by atoms with E-state index >= 15 is 0 Å². The summed E-state index contributed by atoms with van der Waals surface area (Å²) in [5.74, 6) is -2.13. The summed E-state index contributed by atoms with van der Waals surface area (Å²) < 4.78 is 56.8. The Morgan fingerprint density at radius 2 is 1.81 bits per heavy atom. The summed E-state index contributed by atoms with van der Waals surface area (Å²) in [6.45, 7) is 0. The number of nitrogens with zero attached hydrogens (tertiary/aromatic N) is 1. The van der Waals surface area contributed by atoms with Gasteiger partial charge in [-0.25, -0.2) is 9.78 Å². The van der Waals surface area contributed by atoms with Crippen LogP contribution in [0.3, 0.4) is 0 Å². The number of carbonyl (C=O) groups is 1. The van der Waals surface area contributed by atoms with Crippen molar-refractivity contribution in [2.45, 2.75) is 6.18 Å². The molecule has 21 heavy (non-hydrogen) atoms. The first-order valence-electron chi connectivity index (χ1n) is 5.76. The molecule has 0 N–H and O–H groups in total. The highest BCUT2D eigenvalue weighted by Gasteiger charge is 2.33. The Bertz CT molecular complexity index is 683. The summed E-state index contributed by atoms with van der Waals surface area (Å²) in [6.07, 6.45) is -4.59. The Kier molecular flexibility index (Phi) is 3.93. The molecule has 0 aliphatic rings. The van der Waals surface area contributed by atoms with Gasteiger partial charge in [0.05, 0.1) is 18.4 Å². The topological polar surface area (TPSA) is 39.2 Å². The normalized spacial score (nSPS) is 11.3. The maximum atomic E-state index is 13.7. The van der Waals surface area contributed by atoms with Gasteiger partial charge in [-0.2, -0.15) is 17.6 Å². The van der Waals surface area contributed by atoms with Gasteiger partial charge in [0, 0.05) is 5.56 Å². The van der Waals surface area contributed by atoms with Gasteiger partial charge in [0.1, 0.15) is 5.56 Å². The molecule has 3 nitrogen and oxygen atoms in total. The molecular weight excluding hydrogens is 290 g/mol. The number of ether oxygens (including phenoxy) is 1. The number of hydrogen-bond donors (Lipinski definition) is 0. The van der Waals surface area contributed by atoms with Crippen LogP contribution >= 0.6 is 0 Å². The van der Waals surface area contributed by atoms with Crippen LogP contribution in [0.4, 0.5) is 17.6 Å². The second-order valence-corrected chi connectivity index (χ2v) is 4.07. The predicted molar refractivity (Wildman–Crippen MR) is 66.0 cm³/mol. The van der Waals surface area contributed by atoms with Crippen molar-refractivity contribution in [3.8, 4) is 11.3 Å². The van der Waals surface area contributed by atoms with Crippen molar-refractivity contribution in [2.24, 2.45) is 0 Å². The van der Waals surface area contributed by atoms with E-state index in [-0.39, 0.29) is 11.3 Å². The third-order valence-corrected chi connectivity index (χ3v) is 2.76. The van der Waals surface area contributed by atoms with Crippen LogP contribution in [0.2, 0.25) is 0 Å². The Balaban J connectivity index is 2.54. The van der Waals surface area contributed by atoms with E-state index in [1.165, 1.54) is 18.2 Å². The van der Waals surface area contributed by atoms with E-state index in [9.17, 15) is 22.4 Å². The predicted octanol–water partition coefficient (Wildman–Crippen LogP) is 3.69. The number of carbonyl (C=O) groups excluding carboxylic acids is 1. The van der Waals surface area contributed by atoms with Crippen molar-refractivity contribution in [3.63, 3.8) is 0 Å². The highest BCUT2D eigenvalue weighted by molar-refractivity contribution is 5.89. The van der Waals surface area contributed by atoms with Gasteiger partial charge >= 0.3 is 12.1 Å². The summed E-state index contributed by atoms with van der Waals surface area (Å²) in [5.41, 5.74) is -1.85. The number of rotatable bonds is 2. The average Bonchev–Trinajstić information content (AvgIpc) is 2.45. The van der Waals surface area contributed by atoms with Gasteiger partial charge in [0.15, 0.2) is 0 Å². The molecule has 0 atom stereocenters. The number of pyridine rings is 1. The van der Waals surface area contributed by atoms with Crippen LogP contribution in [0, 0.1) is 5.95 Å². The zero-order valence-corrected chi connectivity index (χ0v) is 10.7. The van der Waals surface area contributed by atoms with Gasteiger partial charge in [0.2, 0.25) is 5.95 Å². The summed E-state index contributed by atoms with van der Waals surface area (Å²) >= 11 is 0. The van der Waals surface area contributed by atoms with Crippen molar-refractivity contribution in [2.75, 3.05) is 7.11 Å². The van der Waals surface area contributed by atoms with E-state index in [4.69, 9.17) is 0 Å². The van der Waals surface area contributed by atoms with Crippen LogP contribution in [0.1, 0.15) is 15.9 Å². The molecule has 110 valence electrons. The molecule has 2 aromatic rings. The molecule has 7 heteroatoms. The molecule has 0 unspecified atom stereocenters. The quantitative estimate of drug-likeness (QED) is 0.482. The summed E-state index contributed by atoms with van der Waals surface area (Å²) in [5, 5.41) is 0. The minimum absolute atomic E-state index is 0.215. The molecule has 0 bridgehead atoms. The van der Waals surface area contributed by atoms with E-state index in [2.05, 4.69) is 9.72 Å². The van der Waals surface area contributed by atoms with Gasteiger partial charge in [-0.3, -0.25) is 0 Å². The number of alkyl halides is 3. The Hall–Kier alpha value is -2.44. The molecule has 0 aliphatic heterocycles. The molecule has 1 aromatic heterocycles. The molecule has 1 aromatic carbocycles. The lowest BCUT2D eigenvalue weighted by Crippen LogP contribution is -2.09. The lowest BCUT2D eigenvalue weighted by molar-refractivity contribution is -0.137. The molecule has 0 saturated heterocycles. The maximum Gasteiger partial charge on any atom is 0.417 e.